The lowest BCUT2D eigenvalue weighted by Crippen LogP contribution is -2.30. The molecule has 0 aliphatic carbocycles. The van der Waals surface area contributed by atoms with E-state index in [1.165, 1.54) is 5.56 Å². The zero-order valence-corrected chi connectivity index (χ0v) is 19.6. The van der Waals surface area contributed by atoms with Crippen LogP contribution >= 0.6 is 11.6 Å². The van der Waals surface area contributed by atoms with E-state index in [9.17, 15) is 13.2 Å². The number of ether oxygens (including phenoxy) is 1. The molecule has 9 heteroatoms. The molecule has 5 nitrogen and oxygen atoms in total. The Morgan fingerprint density at radius 1 is 1.06 bits per heavy atom. The fourth-order valence-corrected chi connectivity index (χ4v) is 4.31. The first-order valence-corrected chi connectivity index (χ1v) is 11.2. The van der Waals surface area contributed by atoms with Crippen molar-refractivity contribution >= 4 is 34.1 Å². The predicted molar refractivity (Wildman–Crippen MR) is 127 cm³/mol. The highest BCUT2D eigenvalue weighted by molar-refractivity contribution is 6.33. The summed E-state index contributed by atoms with van der Waals surface area (Å²) in [6, 6.07) is 12.6. The average Bonchev–Trinajstić information content (AvgIpc) is 3.20. The van der Waals surface area contributed by atoms with Crippen LogP contribution in [0, 0.1) is 0 Å². The summed E-state index contributed by atoms with van der Waals surface area (Å²) in [5.41, 5.74) is 3.47. The van der Waals surface area contributed by atoms with Crippen molar-refractivity contribution in [3.8, 4) is 17.1 Å². The number of pyridine rings is 1. The number of para-hydroxylation sites is 1. The van der Waals surface area contributed by atoms with Crippen molar-refractivity contribution in [2.45, 2.75) is 32.4 Å². The number of nitrogens with zero attached hydrogens (tertiary/aromatic N) is 3. The van der Waals surface area contributed by atoms with Gasteiger partial charge in [0.05, 0.1) is 39.4 Å². The molecule has 1 aliphatic heterocycles. The molecule has 0 radical (unpaired) electrons. The number of nitrogens with one attached hydrogen (secondary N) is 1. The number of alkyl halides is 3. The first kappa shape index (κ1) is 22.5. The van der Waals surface area contributed by atoms with Gasteiger partial charge in [0.2, 0.25) is 0 Å². The number of imidazole rings is 1. The number of aromatic amines is 1. The van der Waals surface area contributed by atoms with Crippen molar-refractivity contribution < 1.29 is 17.9 Å². The van der Waals surface area contributed by atoms with E-state index in [0.717, 1.165) is 28.9 Å². The lowest BCUT2D eigenvalue weighted by Gasteiger charge is -2.32. The second-order valence-corrected chi connectivity index (χ2v) is 9.66. The van der Waals surface area contributed by atoms with Gasteiger partial charge in [-0.25, -0.2) is 9.97 Å². The van der Waals surface area contributed by atoms with Crippen molar-refractivity contribution in [1.29, 1.82) is 0 Å². The third-order valence-corrected chi connectivity index (χ3v) is 6.13. The van der Waals surface area contributed by atoms with Crippen molar-refractivity contribution in [1.82, 2.24) is 15.0 Å². The fourth-order valence-electron chi connectivity index (χ4n) is 4.04. The number of hydrogen-bond acceptors (Lipinski definition) is 4. The molecule has 3 heterocycles. The minimum Gasteiger partial charge on any atom is -0.489 e. The Morgan fingerprint density at radius 2 is 1.85 bits per heavy atom. The molecule has 0 atom stereocenters. The van der Waals surface area contributed by atoms with Crippen molar-refractivity contribution in [3.63, 3.8) is 0 Å². The van der Waals surface area contributed by atoms with Gasteiger partial charge in [0.25, 0.3) is 0 Å². The molecule has 176 valence electrons. The minimum absolute atomic E-state index is 0.00290. The Bertz CT molecular complexity index is 1390. The predicted octanol–water partition coefficient (Wildman–Crippen LogP) is 7.13. The van der Waals surface area contributed by atoms with Crippen LogP contribution in [0.2, 0.25) is 5.02 Å². The Balaban J connectivity index is 1.57. The number of hydrogen-bond donors (Lipinski definition) is 1. The molecule has 0 saturated carbocycles. The summed E-state index contributed by atoms with van der Waals surface area (Å²) < 4.78 is 45.2. The molecular weight excluding hydrogens is 465 g/mol. The lowest BCUT2D eigenvalue weighted by molar-refractivity contribution is -0.137. The van der Waals surface area contributed by atoms with E-state index in [1.807, 2.05) is 24.3 Å². The van der Waals surface area contributed by atoms with E-state index in [0.29, 0.717) is 30.4 Å². The highest BCUT2D eigenvalue weighted by Gasteiger charge is 2.33. The number of fused-ring (bicyclic) bond motifs is 2. The zero-order chi connectivity index (χ0) is 24.3. The molecule has 0 bridgehead atoms. The molecule has 5 rings (SSSR count). The monoisotopic (exact) mass is 486 g/mol. The second kappa shape index (κ2) is 7.91. The number of rotatable bonds is 2. The Labute approximate surface area is 199 Å². The summed E-state index contributed by atoms with van der Waals surface area (Å²) in [5, 5.41) is -0.0773. The van der Waals surface area contributed by atoms with Crippen molar-refractivity contribution in [2.24, 2.45) is 0 Å². The number of H-pyrrole nitrogens is 1. The standard InChI is InChI=1S/C25H22ClF3N4O/c1-24(2,3)14-7-8-18-19(12-14)32-22(31-18)16-5-4-6-20-21(16)34-10-9-33(20)23-17(26)11-15(13-30-23)25(27,28)29/h4-8,11-13H,9-10H2,1-3H3,(H,31,32). The van der Waals surface area contributed by atoms with Crippen LogP contribution < -0.4 is 9.64 Å². The van der Waals surface area contributed by atoms with E-state index in [1.54, 1.807) is 4.90 Å². The van der Waals surface area contributed by atoms with Crippen LogP contribution in [0.4, 0.5) is 24.7 Å². The average molecular weight is 487 g/mol. The normalized spacial score (nSPS) is 14.3. The third-order valence-electron chi connectivity index (χ3n) is 5.85. The van der Waals surface area contributed by atoms with Crippen LogP contribution in [-0.4, -0.2) is 28.1 Å². The van der Waals surface area contributed by atoms with Crippen LogP contribution in [0.1, 0.15) is 31.9 Å². The van der Waals surface area contributed by atoms with Gasteiger partial charge < -0.3 is 14.6 Å². The maximum atomic E-state index is 13.1. The lowest BCUT2D eigenvalue weighted by atomic mass is 9.87. The third kappa shape index (κ3) is 3.96. The Kier molecular flexibility index (Phi) is 5.24. The Hall–Kier alpha value is -3.26. The van der Waals surface area contributed by atoms with E-state index < -0.39 is 11.7 Å². The summed E-state index contributed by atoms with van der Waals surface area (Å²) in [7, 11) is 0. The van der Waals surface area contributed by atoms with E-state index in [2.05, 4.69) is 42.9 Å². The summed E-state index contributed by atoms with van der Waals surface area (Å²) in [5.74, 6) is 1.46. The molecule has 0 fully saturated rings. The van der Waals surface area contributed by atoms with Gasteiger partial charge in [0, 0.05) is 6.20 Å². The summed E-state index contributed by atoms with van der Waals surface area (Å²) in [6.45, 7) is 7.17. The number of halogens is 4. The van der Waals surface area contributed by atoms with Crippen LogP contribution in [0.15, 0.2) is 48.7 Å². The van der Waals surface area contributed by atoms with Crippen LogP contribution in [0.25, 0.3) is 22.4 Å². The highest BCUT2D eigenvalue weighted by Crippen LogP contribution is 2.44. The van der Waals surface area contributed by atoms with Gasteiger partial charge >= 0.3 is 6.18 Å². The van der Waals surface area contributed by atoms with Crippen molar-refractivity contribution in [3.05, 3.63) is 64.8 Å². The summed E-state index contributed by atoms with van der Waals surface area (Å²) in [4.78, 5) is 13.9. The number of anilines is 2. The van der Waals surface area contributed by atoms with Gasteiger partial charge in [-0.3, -0.25) is 0 Å². The van der Waals surface area contributed by atoms with Crippen molar-refractivity contribution in [2.75, 3.05) is 18.1 Å². The number of aromatic nitrogens is 3. The van der Waals surface area contributed by atoms with Gasteiger partial charge in [0.15, 0.2) is 11.6 Å². The van der Waals surface area contributed by atoms with Crippen LogP contribution in [0.3, 0.4) is 0 Å². The first-order valence-electron chi connectivity index (χ1n) is 10.8. The second-order valence-electron chi connectivity index (χ2n) is 9.25. The summed E-state index contributed by atoms with van der Waals surface area (Å²) >= 11 is 6.23. The maximum absolute atomic E-state index is 13.1. The Morgan fingerprint density at radius 3 is 2.56 bits per heavy atom. The molecule has 1 aliphatic rings. The van der Waals surface area contributed by atoms with Gasteiger partial charge in [-0.15, -0.1) is 0 Å². The molecule has 2 aromatic carbocycles. The topological polar surface area (TPSA) is 54.0 Å². The maximum Gasteiger partial charge on any atom is 0.417 e. The van der Waals surface area contributed by atoms with E-state index >= 15 is 0 Å². The molecule has 0 spiro atoms. The van der Waals surface area contributed by atoms with Gasteiger partial charge in [0.1, 0.15) is 12.4 Å². The first-order chi connectivity index (χ1) is 16.0. The summed E-state index contributed by atoms with van der Waals surface area (Å²) in [6.07, 6.45) is -3.72. The molecule has 2 aromatic heterocycles. The van der Waals surface area contributed by atoms with Gasteiger partial charge in [-0.1, -0.05) is 44.5 Å². The smallest absolute Gasteiger partial charge is 0.417 e. The van der Waals surface area contributed by atoms with Crippen LogP contribution in [0.5, 0.6) is 5.75 Å². The minimum atomic E-state index is -4.51. The van der Waals surface area contributed by atoms with E-state index in [4.69, 9.17) is 21.3 Å². The molecule has 0 saturated heterocycles. The van der Waals surface area contributed by atoms with Crippen LogP contribution in [-0.2, 0) is 11.6 Å². The molecular formula is C25H22ClF3N4O. The molecule has 0 unspecified atom stereocenters. The fraction of sp³-hybridized carbons (Fsp3) is 0.280. The zero-order valence-electron chi connectivity index (χ0n) is 18.8. The molecule has 4 aromatic rings. The quantitative estimate of drug-likeness (QED) is 0.327. The SMILES string of the molecule is CC(C)(C)c1ccc2nc(-c3cccc4c3OCCN4c3ncc(C(F)(F)F)cc3Cl)[nH]c2c1. The van der Waals surface area contributed by atoms with Gasteiger partial charge in [-0.05, 0) is 41.3 Å². The van der Waals surface area contributed by atoms with E-state index in [-0.39, 0.29) is 16.3 Å². The number of benzene rings is 2. The molecule has 1 N–H and O–H groups in total. The molecule has 34 heavy (non-hydrogen) atoms. The highest BCUT2D eigenvalue weighted by atomic mass is 35.5. The van der Waals surface area contributed by atoms with Gasteiger partial charge in [-0.2, -0.15) is 13.2 Å². The molecule has 0 amide bonds. The largest absolute Gasteiger partial charge is 0.489 e.